The summed E-state index contributed by atoms with van der Waals surface area (Å²) in [5.41, 5.74) is 2.67. The Morgan fingerprint density at radius 1 is 1.09 bits per heavy atom. The molecule has 2 aromatic rings. The second kappa shape index (κ2) is 6.03. The molecule has 0 bridgehead atoms. The molecule has 3 nitrogen and oxygen atoms in total. The summed E-state index contributed by atoms with van der Waals surface area (Å²) in [4.78, 5) is 14.9. The van der Waals surface area contributed by atoms with Gasteiger partial charge in [-0.25, -0.2) is 0 Å². The van der Waals surface area contributed by atoms with Crippen molar-refractivity contribution in [3.8, 4) is 0 Å². The predicted molar refractivity (Wildman–Crippen MR) is 93.4 cm³/mol. The van der Waals surface area contributed by atoms with Gasteiger partial charge in [-0.1, -0.05) is 37.5 Å². The van der Waals surface area contributed by atoms with Crippen LogP contribution < -0.4 is 0 Å². The summed E-state index contributed by atoms with van der Waals surface area (Å²) in [6, 6.07) is 10.9. The third kappa shape index (κ3) is 2.66. The summed E-state index contributed by atoms with van der Waals surface area (Å²) in [7, 11) is 2.16. The largest absolute Gasteiger partial charge is 0.347 e. The van der Waals surface area contributed by atoms with Crippen LogP contribution in [-0.4, -0.2) is 28.5 Å². The summed E-state index contributed by atoms with van der Waals surface area (Å²) in [5, 5.41) is 1.31. The monoisotopic (exact) mass is 310 g/mol. The first-order valence-corrected chi connectivity index (χ1v) is 9.07. The zero-order valence-corrected chi connectivity index (χ0v) is 14.0. The highest BCUT2D eigenvalue weighted by Gasteiger charge is 2.33. The molecule has 3 heteroatoms. The molecule has 0 N–H and O–H groups in total. The maximum atomic E-state index is 12.8. The van der Waals surface area contributed by atoms with Crippen LogP contribution in [0.3, 0.4) is 0 Å². The first-order chi connectivity index (χ1) is 11.2. The summed E-state index contributed by atoms with van der Waals surface area (Å²) < 4.78 is 2.31. The molecule has 2 aliphatic rings. The second-order valence-corrected chi connectivity index (χ2v) is 7.29. The van der Waals surface area contributed by atoms with E-state index >= 15 is 0 Å². The van der Waals surface area contributed by atoms with Crippen molar-refractivity contribution < 1.29 is 4.79 Å². The minimum atomic E-state index is 0.301. The molecule has 1 aliphatic heterocycles. The topological polar surface area (TPSA) is 25.2 Å². The molecular weight excluding hydrogens is 284 g/mol. The van der Waals surface area contributed by atoms with Crippen LogP contribution in [0, 0.1) is 5.92 Å². The van der Waals surface area contributed by atoms with Gasteiger partial charge >= 0.3 is 0 Å². The zero-order chi connectivity index (χ0) is 15.8. The molecule has 1 unspecified atom stereocenters. The number of aromatic nitrogens is 1. The van der Waals surface area contributed by atoms with Crippen molar-refractivity contribution in [3.63, 3.8) is 0 Å². The Kier molecular flexibility index (Phi) is 3.88. The van der Waals surface area contributed by atoms with Crippen molar-refractivity contribution in [1.29, 1.82) is 0 Å². The van der Waals surface area contributed by atoms with Crippen LogP contribution in [0.4, 0.5) is 0 Å². The van der Waals surface area contributed by atoms with Gasteiger partial charge in [-0.2, -0.15) is 0 Å². The Bertz CT molecular complexity index is 712. The number of rotatable bonds is 2. The number of likely N-dealkylation sites (tertiary alicyclic amines) is 1. The maximum Gasteiger partial charge on any atom is 0.225 e. The Morgan fingerprint density at radius 3 is 2.65 bits per heavy atom. The predicted octanol–water partition coefficient (Wildman–Crippen LogP) is 4.07. The number of fused-ring (bicyclic) bond motifs is 1. The summed E-state index contributed by atoms with van der Waals surface area (Å²) in [6.07, 6.45) is 7.08. The van der Waals surface area contributed by atoms with Crippen molar-refractivity contribution in [3.05, 3.63) is 36.0 Å². The number of nitrogens with zero attached hydrogens (tertiary/aromatic N) is 2. The molecule has 2 fully saturated rings. The van der Waals surface area contributed by atoms with Crippen LogP contribution in [0.2, 0.25) is 0 Å². The third-order valence-electron chi connectivity index (χ3n) is 5.86. The zero-order valence-electron chi connectivity index (χ0n) is 14.0. The minimum absolute atomic E-state index is 0.301. The number of aryl methyl sites for hydroxylation is 1. The average Bonchev–Trinajstić information content (AvgIpc) is 3.20. The lowest BCUT2D eigenvalue weighted by molar-refractivity contribution is -0.135. The van der Waals surface area contributed by atoms with Crippen molar-refractivity contribution >= 4 is 16.8 Å². The van der Waals surface area contributed by atoms with E-state index in [0.717, 1.165) is 32.4 Å². The normalized spacial score (nSPS) is 22.8. The molecule has 4 rings (SSSR count). The molecule has 1 saturated carbocycles. The number of carbonyl (C=O) groups excluding carboxylic acids is 1. The van der Waals surface area contributed by atoms with Gasteiger partial charge < -0.3 is 9.47 Å². The number of hydrogen-bond acceptors (Lipinski definition) is 1. The van der Waals surface area contributed by atoms with Crippen molar-refractivity contribution in [1.82, 2.24) is 9.47 Å². The molecule has 1 aromatic carbocycles. The second-order valence-electron chi connectivity index (χ2n) is 7.29. The molecule has 23 heavy (non-hydrogen) atoms. The van der Waals surface area contributed by atoms with Gasteiger partial charge in [0.2, 0.25) is 5.91 Å². The smallest absolute Gasteiger partial charge is 0.225 e. The molecule has 2 heterocycles. The van der Waals surface area contributed by atoms with E-state index in [-0.39, 0.29) is 0 Å². The Labute approximate surface area is 138 Å². The fourth-order valence-electron chi connectivity index (χ4n) is 4.51. The standard InChI is InChI=1S/C20H26N2O/c1-21-18-10-6-5-9-16(18)13-19(21)17-11-12-22(14-17)20(23)15-7-3-2-4-8-15/h5-6,9-10,13,15,17H,2-4,7-8,11-12,14H2,1H3. The van der Waals surface area contributed by atoms with E-state index in [1.54, 1.807) is 0 Å². The first kappa shape index (κ1) is 14.8. The van der Waals surface area contributed by atoms with Crippen molar-refractivity contribution in [2.45, 2.75) is 44.4 Å². The third-order valence-corrected chi connectivity index (χ3v) is 5.86. The Balaban J connectivity index is 1.51. The lowest BCUT2D eigenvalue weighted by Gasteiger charge is -2.26. The molecule has 0 spiro atoms. The van der Waals surface area contributed by atoms with Gasteiger partial charge in [-0.15, -0.1) is 0 Å². The van der Waals surface area contributed by atoms with E-state index in [1.807, 2.05) is 0 Å². The molecule has 0 radical (unpaired) electrons. The minimum Gasteiger partial charge on any atom is -0.347 e. The van der Waals surface area contributed by atoms with E-state index in [1.165, 1.54) is 35.9 Å². The number of amides is 1. The van der Waals surface area contributed by atoms with Crippen LogP contribution in [0.1, 0.15) is 50.1 Å². The van der Waals surface area contributed by atoms with Crippen LogP contribution in [0.5, 0.6) is 0 Å². The summed E-state index contributed by atoms with van der Waals surface area (Å²) in [6.45, 7) is 1.83. The number of para-hydroxylation sites is 1. The molecule has 1 aromatic heterocycles. The highest BCUT2D eigenvalue weighted by atomic mass is 16.2. The highest BCUT2D eigenvalue weighted by Crippen LogP contribution is 2.33. The Hall–Kier alpha value is -1.77. The highest BCUT2D eigenvalue weighted by molar-refractivity contribution is 5.82. The maximum absolute atomic E-state index is 12.8. The number of benzene rings is 1. The first-order valence-electron chi connectivity index (χ1n) is 9.07. The lowest BCUT2D eigenvalue weighted by atomic mass is 9.88. The average molecular weight is 310 g/mol. The molecule has 1 amide bonds. The number of carbonyl (C=O) groups is 1. The fourth-order valence-corrected chi connectivity index (χ4v) is 4.51. The lowest BCUT2D eigenvalue weighted by Crippen LogP contribution is -2.35. The molecule has 1 aliphatic carbocycles. The van der Waals surface area contributed by atoms with E-state index in [4.69, 9.17) is 0 Å². The fraction of sp³-hybridized carbons (Fsp3) is 0.550. The molecule has 122 valence electrons. The van der Waals surface area contributed by atoms with E-state index in [9.17, 15) is 4.79 Å². The van der Waals surface area contributed by atoms with Gasteiger partial charge in [-0.3, -0.25) is 4.79 Å². The molecular formula is C20H26N2O. The SMILES string of the molecule is Cn1c(C2CCN(C(=O)C3CCCCC3)C2)cc2ccccc21. The van der Waals surface area contributed by atoms with Gasteiger partial charge in [0, 0.05) is 43.2 Å². The van der Waals surface area contributed by atoms with E-state index in [2.05, 4.69) is 46.8 Å². The van der Waals surface area contributed by atoms with E-state index < -0.39 is 0 Å². The van der Waals surface area contributed by atoms with Crippen molar-refractivity contribution in [2.24, 2.45) is 13.0 Å². The van der Waals surface area contributed by atoms with Gasteiger partial charge in [-0.05, 0) is 36.8 Å². The molecule has 1 atom stereocenters. The van der Waals surface area contributed by atoms with Gasteiger partial charge in [0.05, 0.1) is 0 Å². The Morgan fingerprint density at radius 2 is 1.87 bits per heavy atom. The quantitative estimate of drug-likeness (QED) is 0.820. The van der Waals surface area contributed by atoms with Crippen LogP contribution in [0.15, 0.2) is 30.3 Å². The van der Waals surface area contributed by atoms with Gasteiger partial charge in [0.25, 0.3) is 0 Å². The van der Waals surface area contributed by atoms with Crippen LogP contribution in [0.25, 0.3) is 10.9 Å². The van der Waals surface area contributed by atoms with Crippen LogP contribution in [-0.2, 0) is 11.8 Å². The van der Waals surface area contributed by atoms with Crippen LogP contribution >= 0.6 is 0 Å². The number of hydrogen-bond donors (Lipinski definition) is 0. The van der Waals surface area contributed by atoms with Gasteiger partial charge in [0.15, 0.2) is 0 Å². The van der Waals surface area contributed by atoms with Gasteiger partial charge in [0.1, 0.15) is 0 Å². The van der Waals surface area contributed by atoms with E-state index in [0.29, 0.717) is 17.7 Å². The van der Waals surface area contributed by atoms with Crippen molar-refractivity contribution in [2.75, 3.05) is 13.1 Å². The molecule has 1 saturated heterocycles. The summed E-state index contributed by atoms with van der Waals surface area (Å²) in [5.74, 6) is 1.21. The summed E-state index contributed by atoms with van der Waals surface area (Å²) >= 11 is 0.